The van der Waals surface area contributed by atoms with E-state index in [-0.39, 0.29) is 30.9 Å². The molecule has 0 unspecified atom stereocenters. The standard InChI is InChI=1S/C20H19N3O4/c24-18(21-12-14-6-2-1-3-7-14)13-27-19(25)11-10-17-22-16-9-5-4-8-15(16)20(26)23-17/h1-9H,10-13H2,(H,21,24)(H,22,23,26). The zero-order valence-electron chi connectivity index (χ0n) is 14.6. The topological polar surface area (TPSA) is 101 Å². The summed E-state index contributed by atoms with van der Waals surface area (Å²) in [7, 11) is 0. The normalized spacial score (nSPS) is 10.5. The lowest BCUT2D eigenvalue weighted by Crippen LogP contribution is -2.28. The number of carbonyl (C=O) groups excluding carboxylic acids is 2. The van der Waals surface area contributed by atoms with Gasteiger partial charge in [-0.05, 0) is 17.7 Å². The fourth-order valence-electron chi connectivity index (χ4n) is 2.54. The number of aromatic amines is 1. The van der Waals surface area contributed by atoms with Gasteiger partial charge in [0.05, 0.1) is 17.3 Å². The molecule has 0 bridgehead atoms. The number of nitrogens with zero attached hydrogens (tertiary/aromatic N) is 1. The van der Waals surface area contributed by atoms with Gasteiger partial charge in [-0.25, -0.2) is 4.98 Å². The summed E-state index contributed by atoms with van der Waals surface area (Å²) in [6.07, 6.45) is 0.248. The highest BCUT2D eigenvalue weighted by Crippen LogP contribution is 2.07. The molecule has 27 heavy (non-hydrogen) atoms. The number of hydrogen-bond acceptors (Lipinski definition) is 5. The predicted molar refractivity (Wildman–Crippen MR) is 99.9 cm³/mol. The Morgan fingerprint density at radius 2 is 1.78 bits per heavy atom. The average Bonchev–Trinajstić information content (AvgIpc) is 2.70. The molecular formula is C20H19N3O4. The van der Waals surface area contributed by atoms with Crippen molar-refractivity contribution in [1.82, 2.24) is 15.3 Å². The van der Waals surface area contributed by atoms with E-state index in [9.17, 15) is 14.4 Å². The van der Waals surface area contributed by atoms with E-state index >= 15 is 0 Å². The van der Waals surface area contributed by atoms with Gasteiger partial charge in [-0.3, -0.25) is 14.4 Å². The van der Waals surface area contributed by atoms with E-state index < -0.39 is 5.97 Å². The highest BCUT2D eigenvalue weighted by atomic mass is 16.5. The molecule has 0 fully saturated rings. The zero-order chi connectivity index (χ0) is 19.1. The lowest BCUT2D eigenvalue weighted by Gasteiger charge is -2.07. The summed E-state index contributed by atoms with van der Waals surface area (Å²) >= 11 is 0. The molecule has 7 nitrogen and oxygen atoms in total. The maximum absolute atomic E-state index is 12.0. The first-order valence-corrected chi connectivity index (χ1v) is 8.56. The van der Waals surface area contributed by atoms with Gasteiger partial charge in [0.2, 0.25) is 0 Å². The Morgan fingerprint density at radius 1 is 1.04 bits per heavy atom. The van der Waals surface area contributed by atoms with E-state index in [2.05, 4.69) is 15.3 Å². The van der Waals surface area contributed by atoms with Crippen LogP contribution < -0.4 is 10.9 Å². The summed E-state index contributed by atoms with van der Waals surface area (Å²) in [5, 5.41) is 3.18. The molecular weight excluding hydrogens is 346 g/mol. The molecule has 0 atom stereocenters. The zero-order valence-corrected chi connectivity index (χ0v) is 14.6. The number of nitrogens with one attached hydrogen (secondary N) is 2. The Labute approximate surface area is 155 Å². The second kappa shape index (κ2) is 8.75. The van der Waals surface area contributed by atoms with Crippen molar-refractivity contribution in [3.05, 3.63) is 76.3 Å². The minimum atomic E-state index is -0.527. The minimum Gasteiger partial charge on any atom is -0.456 e. The van der Waals surface area contributed by atoms with Crippen molar-refractivity contribution in [3.8, 4) is 0 Å². The van der Waals surface area contributed by atoms with E-state index in [0.717, 1.165) is 5.56 Å². The third-order valence-corrected chi connectivity index (χ3v) is 3.92. The average molecular weight is 365 g/mol. The van der Waals surface area contributed by atoms with Gasteiger partial charge < -0.3 is 15.0 Å². The highest BCUT2D eigenvalue weighted by molar-refractivity contribution is 5.80. The SMILES string of the molecule is O=C(COC(=O)CCc1nc2ccccc2c(=O)[nH]1)NCc1ccccc1. The van der Waals surface area contributed by atoms with Gasteiger partial charge >= 0.3 is 5.97 Å². The van der Waals surface area contributed by atoms with Crippen molar-refractivity contribution in [2.24, 2.45) is 0 Å². The number of amides is 1. The van der Waals surface area contributed by atoms with Gasteiger partial charge in [0, 0.05) is 13.0 Å². The second-order valence-corrected chi connectivity index (χ2v) is 5.95. The first-order chi connectivity index (χ1) is 13.1. The van der Waals surface area contributed by atoms with Crippen molar-refractivity contribution >= 4 is 22.8 Å². The van der Waals surface area contributed by atoms with Crippen LogP contribution in [0.25, 0.3) is 10.9 Å². The molecule has 0 saturated heterocycles. The van der Waals surface area contributed by atoms with Crippen LogP contribution in [0.5, 0.6) is 0 Å². The summed E-state index contributed by atoms with van der Waals surface area (Å²) in [4.78, 5) is 42.5. The molecule has 3 aromatic rings. The van der Waals surface area contributed by atoms with E-state index in [1.165, 1.54) is 0 Å². The molecule has 3 rings (SSSR count). The smallest absolute Gasteiger partial charge is 0.306 e. The van der Waals surface area contributed by atoms with E-state index in [1.807, 2.05) is 30.3 Å². The quantitative estimate of drug-likeness (QED) is 0.621. The number of para-hydroxylation sites is 1. The Kier molecular flexibility index (Phi) is 5.94. The molecule has 0 aliphatic heterocycles. The summed E-state index contributed by atoms with van der Waals surface area (Å²) in [6, 6.07) is 16.4. The maximum atomic E-state index is 12.0. The summed E-state index contributed by atoms with van der Waals surface area (Å²) in [6.45, 7) is 0.0345. The van der Waals surface area contributed by atoms with Crippen LogP contribution in [0.15, 0.2) is 59.4 Å². The largest absolute Gasteiger partial charge is 0.456 e. The van der Waals surface area contributed by atoms with Gasteiger partial charge in [-0.2, -0.15) is 0 Å². The molecule has 0 radical (unpaired) electrons. The summed E-state index contributed by atoms with van der Waals surface area (Å²) in [5.41, 5.74) is 1.29. The van der Waals surface area contributed by atoms with Crippen molar-refractivity contribution in [3.63, 3.8) is 0 Å². The molecule has 1 aromatic heterocycles. The van der Waals surface area contributed by atoms with Crippen LogP contribution >= 0.6 is 0 Å². The van der Waals surface area contributed by atoms with Crippen LogP contribution in [0.4, 0.5) is 0 Å². The molecule has 2 N–H and O–H groups in total. The molecule has 0 spiro atoms. The molecule has 7 heteroatoms. The van der Waals surface area contributed by atoms with Crippen molar-refractivity contribution in [1.29, 1.82) is 0 Å². The second-order valence-electron chi connectivity index (χ2n) is 5.95. The predicted octanol–water partition coefficient (Wildman–Crippen LogP) is 1.72. The Hall–Kier alpha value is -3.48. The van der Waals surface area contributed by atoms with Gasteiger partial charge in [-0.15, -0.1) is 0 Å². The summed E-state index contributed by atoms with van der Waals surface area (Å²) in [5.74, 6) is -0.491. The van der Waals surface area contributed by atoms with Crippen molar-refractivity contribution in [2.75, 3.05) is 6.61 Å². The van der Waals surface area contributed by atoms with Crippen LogP contribution in [-0.2, 0) is 27.3 Å². The lowest BCUT2D eigenvalue weighted by atomic mass is 10.2. The first-order valence-electron chi connectivity index (χ1n) is 8.56. The third-order valence-electron chi connectivity index (χ3n) is 3.92. The lowest BCUT2D eigenvalue weighted by molar-refractivity contribution is -0.148. The minimum absolute atomic E-state index is 0.0211. The van der Waals surface area contributed by atoms with Crippen LogP contribution in [0.2, 0.25) is 0 Å². The number of rotatable bonds is 7. The number of ether oxygens (including phenoxy) is 1. The number of carbonyl (C=O) groups is 2. The fourth-order valence-corrected chi connectivity index (χ4v) is 2.54. The Balaban J connectivity index is 1.44. The van der Waals surface area contributed by atoms with Crippen LogP contribution in [0, 0.1) is 0 Å². The first kappa shape index (κ1) is 18.3. The molecule has 0 aliphatic rings. The number of benzene rings is 2. The molecule has 0 saturated carbocycles. The maximum Gasteiger partial charge on any atom is 0.306 e. The summed E-state index contributed by atoms with van der Waals surface area (Å²) < 4.78 is 4.96. The molecule has 1 heterocycles. The van der Waals surface area contributed by atoms with Crippen LogP contribution in [0.1, 0.15) is 17.8 Å². The molecule has 0 aliphatic carbocycles. The third kappa shape index (κ3) is 5.24. The van der Waals surface area contributed by atoms with Crippen molar-refractivity contribution in [2.45, 2.75) is 19.4 Å². The van der Waals surface area contributed by atoms with Gasteiger partial charge in [0.15, 0.2) is 6.61 Å². The number of H-pyrrole nitrogens is 1. The number of fused-ring (bicyclic) bond motifs is 1. The van der Waals surface area contributed by atoms with E-state index in [4.69, 9.17) is 4.74 Å². The van der Waals surface area contributed by atoms with E-state index in [0.29, 0.717) is 23.3 Å². The molecule has 2 aromatic carbocycles. The number of hydrogen-bond donors (Lipinski definition) is 2. The van der Waals surface area contributed by atoms with Crippen molar-refractivity contribution < 1.29 is 14.3 Å². The molecule has 138 valence electrons. The number of aryl methyl sites for hydroxylation is 1. The Bertz CT molecular complexity index is 999. The fraction of sp³-hybridized carbons (Fsp3) is 0.200. The number of esters is 1. The molecule has 1 amide bonds. The number of aromatic nitrogens is 2. The van der Waals surface area contributed by atoms with Gasteiger partial charge in [0.1, 0.15) is 5.82 Å². The Morgan fingerprint density at radius 3 is 2.59 bits per heavy atom. The van der Waals surface area contributed by atoms with Crippen LogP contribution in [-0.4, -0.2) is 28.5 Å². The van der Waals surface area contributed by atoms with Gasteiger partial charge in [0.25, 0.3) is 11.5 Å². The highest BCUT2D eigenvalue weighted by Gasteiger charge is 2.10. The van der Waals surface area contributed by atoms with E-state index in [1.54, 1.807) is 24.3 Å². The van der Waals surface area contributed by atoms with Gasteiger partial charge in [-0.1, -0.05) is 42.5 Å². The van der Waals surface area contributed by atoms with Crippen LogP contribution in [0.3, 0.4) is 0 Å². The monoisotopic (exact) mass is 365 g/mol.